The molecule has 1 heterocycles. The van der Waals surface area contributed by atoms with E-state index in [0.717, 1.165) is 20.5 Å². The third kappa shape index (κ3) is 2.98. The number of benzene rings is 1. The van der Waals surface area contributed by atoms with Gasteiger partial charge in [-0.05, 0) is 29.8 Å². The Balaban J connectivity index is 1.94. The van der Waals surface area contributed by atoms with Crippen molar-refractivity contribution in [1.29, 1.82) is 0 Å². The molecule has 0 radical (unpaired) electrons. The first-order valence-electron chi connectivity index (χ1n) is 4.94. The monoisotopic (exact) mass is 253 g/mol. The lowest BCUT2D eigenvalue weighted by atomic mass is 10.2. The van der Waals surface area contributed by atoms with E-state index in [2.05, 4.69) is 0 Å². The Kier molecular flexibility index (Phi) is 3.83. The van der Waals surface area contributed by atoms with Crippen LogP contribution in [0.4, 0.5) is 0 Å². The van der Waals surface area contributed by atoms with E-state index in [-0.39, 0.29) is 0 Å². The summed E-state index contributed by atoms with van der Waals surface area (Å²) in [5.41, 5.74) is 6.62. The molecule has 0 aliphatic heterocycles. The van der Waals surface area contributed by atoms with Gasteiger partial charge in [0.15, 0.2) is 0 Å². The molecule has 0 spiro atoms. The molecule has 0 saturated heterocycles. The van der Waals surface area contributed by atoms with Crippen molar-refractivity contribution in [2.45, 2.75) is 13.2 Å². The maximum absolute atomic E-state index is 5.83. The maximum atomic E-state index is 5.83. The summed E-state index contributed by atoms with van der Waals surface area (Å²) in [6.45, 7) is 1.11. The number of rotatable bonds is 4. The fourth-order valence-corrected chi connectivity index (χ4v) is 2.31. The van der Waals surface area contributed by atoms with Crippen LogP contribution in [0.5, 0.6) is 5.75 Å². The molecule has 0 amide bonds. The molecule has 1 aromatic heterocycles. The van der Waals surface area contributed by atoms with Gasteiger partial charge in [-0.2, -0.15) is 0 Å². The van der Waals surface area contributed by atoms with Crippen molar-refractivity contribution in [1.82, 2.24) is 0 Å². The second-order valence-electron chi connectivity index (χ2n) is 3.34. The molecule has 0 unspecified atom stereocenters. The Morgan fingerprint density at radius 2 is 1.88 bits per heavy atom. The average Bonchev–Trinajstić information content (AvgIpc) is 2.73. The molecular weight excluding hydrogens is 242 g/mol. The minimum absolute atomic E-state index is 0.555. The third-order valence-electron chi connectivity index (χ3n) is 2.17. The van der Waals surface area contributed by atoms with Gasteiger partial charge < -0.3 is 10.5 Å². The Morgan fingerprint density at radius 3 is 2.44 bits per heavy atom. The van der Waals surface area contributed by atoms with Gasteiger partial charge in [-0.1, -0.05) is 23.7 Å². The van der Waals surface area contributed by atoms with Crippen molar-refractivity contribution < 1.29 is 4.74 Å². The SMILES string of the molecule is NCc1ccc(OCc2ccc(Cl)s2)cc1. The highest BCUT2D eigenvalue weighted by molar-refractivity contribution is 7.16. The van der Waals surface area contributed by atoms with E-state index in [1.54, 1.807) is 0 Å². The summed E-state index contributed by atoms with van der Waals surface area (Å²) in [7, 11) is 0. The molecule has 2 nitrogen and oxygen atoms in total. The molecular formula is C12H12ClNOS. The first kappa shape index (κ1) is 11.5. The predicted octanol–water partition coefficient (Wildman–Crippen LogP) is 3.44. The van der Waals surface area contributed by atoms with Gasteiger partial charge in [-0.15, -0.1) is 11.3 Å². The van der Waals surface area contributed by atoms with Gasteiger partial charge >= 0.3 is 0 Å². The Bertz CT molecular complexity index is 452. The van der Waals surface area contributed by atoms with Gasteiger partial charge in [-0.3, -0.25) is 0 Å². The summed E-state index contributed by atoms with van der Waals surface area (Å²) in [4.78, 5) is 1.12. The highest BCUT2D eigenvalue weighted by atomic mass is 35.5. The molecule has 4 heteroatoms. The maximum Gasteiger partial charge on any atom is 0.122 e. The van der Waals surface area contributed by atoms with E-state index in [1.165, 1.54) is 11.3 Å². The second-order valence-corrected chi connectivity index (χ2v) is 5.14. The fourth-order valence-electron chi connectivity index (χ4n) is 1.31. The van der Waals surface area contributed by atoms with Crippen LogP contribution in [0.1, 0.15) is 10.4 Å². The second kappa shape index (κ2) is 5.34. The van der Waals surface area contributed by atoms with Crippen LogP contribution in [0.3, 0.4) is 0 Å². The van der Waals surface area contributed by atoms with Crippen LogP contribution in [0.15, 0.2) is 36.4 Å². The molecule has 1 aromatic carbocycles. The van der Waals surface area contributed by atoms with Crippen LogP contribution in [0.25, 0.3) is 0 Å². The summed E-state index contributed by atoms with van der Waals surface area (Å²) in [6.07, 6.45) is 0. The number of hydrogen-bond donors (Lipinski definition) is 1. The van der Waals surface area contributed by atoms with Crippen molar-refractivity contribution in [2.24, 2.45) is 5.73 Å². The lowest BCUT2D eigenvalue weighted by Gasteiger charge is -2.05. The molecule has 0 bridgehead atoms. The van der Waals surface area contributed by atoms with Crippen LogP contribution in [-0.4, -0.2) is 0 Å². The Morgan fingerprint density at radius 1 is 1.12 bits per heavy atom. The molecule has 84 valence electrons. The number of nitrogens with two attached hydrogens (primary N) is 1. The number of hydrogen-bond acceptors (Lipinski definition) is 3. The molecule has 0 saturated carbocycles. The van der Waals surface area contributed by atoms with Gasteiger partial charge in [0.1, 0.15) is 12.4 Å². The van der Waals surface area contributed by atoms with E-state index in [1.807, 2.05) is 36.4 Å². The lowest BCUT2D eigenvalue weighted by Crippen LogP contribution is -1.96. The van der Waals surface area contributed by atoms with Crippen molar-refractivity contribution >= 4 is 22.9 Å². The molecule has 0 fully saturated rings. The lowest BCUT2D eigenvalue weighted by molar-refractivity contribution is 0.310. The van der Waals surface area contributed by atoms with Crippen LogP contribution in [0.2, 0.25) is 4.34 Å². The minimum Gasteiger partial charge on any atom is -0.488 e. The summed E-state index contributed by atoms with van der Waals surface area (Å²) < 4.78 is 6.40. The van der Waals surface area contributed by atoms with E-state index in [9.17, 15) is 0 Å². The molecule has 0 aliphatic carbocycles. The molecule has 2 N–H and O–H groups in total. The van der Waals surface area contributed by atoms with Crippen molar-refractivity contribution in [3.63, 3.8) is 0 Å². The van der Waals surface area contributed by atoms with Gasteiger partial charge in [0, 0.05) is 11.4 Å². The summed E-state index contributed by atoms with van der Waals surface area (Å²) in [5.74, 6) is 0.849. The van der Waals surface area contributed by atoms with E-state index in [4.69, 9.17) is 22.1 Å². The van der Waals surface area contributed by atoms with Crippen molar-refractivity contribution in [3.05, 3.63) is 51.2 Å². The standard InChI is InChI=1S/C12H12ClNOS/c13-12-6-5-11(16-12)8-15-10-3-1-9(7-14)2-4-10/h1-6H,7-8,14H2. The highest BCUT2D eigenvalue weighted by Crippen LogP contribution is 2.23. The largest absolute Gasteiger partial charge is 0.488 e. The quantitative estimate of drug-likeness (QED) is 0.906. The van der Waals surface area contributed by atoms with Crippen LogP contribution in [0, 0.1) is 0 Å². The van der Waals surface area contributed by atoms with Crippen LogP contribution in [-0.2, 0) is 13.2 Å². The van der Waals surface area contributed by atoms with Gasteiger partial charge in [0.25, 0.3) is 0 Å². The first-order valence-corrected chi connectivity index (χ1v) is 6.13. The van der Waals surface area contributed by atoms with Crippen LogP contribution >= 0.6 is 22.9 Å². The number of ether oxygens (including phenoxy) is 1. The normalized spacial score (nSPS) is 10.4. The van der Waals surface area contributed by atoms with Gasteiger partial charge in [-0.25, -0.2) is 0 Å². The van der Waals surface area contributed by atoms with E-state index < -0.39 is 0 Å². The molecule has 16 heavy (non-hydrogen) atoms. The minimum atomic E-state index is 0.555. The zero-order chi connectivity index (χ0) is 11.4. The zero-order valence-electron chi connectivity index (χ0n) is 8.65. The molecule has 0 aliphatic rings. The van der Waals surface area contributed by atoms with Crippen molar-refractivity contribution in [3.8, 4) is 5.75 Å². The molecule has 2 rings (SSSR count). The van der Waals surface area contributed by atoms with Crippen molar-refractivity contribution in [2.75, 3.05) is 0 Å². The fraction of sp³-hybridized carbons (Fsp3) is 0.167. The summed E-state index contributed by atoms with van der Waals surface area (Å²) in [6, 6.07) is 11.6. The van der Waals surface area contributed by atoms with Gasteiger partial charge in [0.05, 0.1) is 4.34 Å². The van der Waals surface area contributed by atoms with Gasteiger partial charge in [0.2, 0.25) is 0 Å². The van der Waals surface area contributed by atoms with Crippen LogP contribution < -0.4 is 10.5 Å². The summed E-state index contributed by atoms with van der Waals surface area (Å²) in [5, 5.41) is 0. The summed E-state index contributed by atoms with van der Waals surface area (Å²) >= 11 is 7.37. The average molecular weight is 254 g/mol. The highest BCUT2D eigenvalue weighted by Gasteiger charge is 1.99. The van der Waals surface area contributed by atoms with E-state index in [0.29, 0.717) is 13.2 Å². The Labute approximate surface area is 104 Å². The number of halogens is 1. The smallest absolute Gasteiger partial charge is 0.122 e. The molecule has 0 atom stereocenters. The van der Waals surface area contributed by atoms with E-state index >= 15 is 0 Å². The predicted molar refractivity (Wildman–Crippen MR) is 68.0 cm³/mol. The number of thiophene rings is 1. The topological polar surface area (TPSA) is 35.2 Å². The Hall–Kier alpha value is -1.03. The zero-order valence-corrected chi connectivity index (χ0v) is 10.2. The molecule has 2 aromatic rings. The first-order chi connectivity index (χ1) is 7.78. The third-order valence-corrected chi connectivity index (χ3v) is 3.37.